The third-order valence-electron chi connectivity index (χ3n) is 4.78. The van der Waals surface area contributed by atoms with Crippen LogP contribution in [0, 0.1) is 5.82 Å². The maximum absolute atomic E-state index is 13.0. The number of hydrogen-bond donors (Lipinski definition) is 0. The van der Waals surface area contributed by atoms with Gasteiger partial charge < -0.3 is 9.47 Å². The van der Waals surface area contributed by atoms with E-state index >= 15 is 0 Å². The highest BCUT2D eigenvalue weighted by Gasteiger charge is 2.24. The zero-order valence-corrected chi connectivity index (χ0v) is 17.2. The molecule has 0 spiro atoms. The molecule has 0 bridgehead atoms. The number of likely N-dealkylation sites (N-methyl/N-ethyl adjacent to an activating group) is 1. The summed E-state index contributed by atoms with van der Waals surface area (Å²) in [6.45, 7) is 6.47. The third kappa shape index (κ3) is 5.94. The van der Waals surface area contributed by atoms with Crippen LogP contribution >= 0.6 is 0 Å². The molecule has 0 saturated heterocycles. The first-order chi connectivity index (χ1) is 14.6. The Morgan fingerprint density at radius 3 is 2.70 bits per heavy atom. The number of carbonyl (C=O) groups excluding carboxylic acids is 1. The summed E-state index contributed by atoms with van der Waals surface area (Å²) >= 11 is 0. The molecule has 0 aromatic heterocycles. The van der Waals surface area contributed by atoms with Crippen molar-refractivity contribution in [3.63, 3.8) is 0 Å². The Morgan fingerprint density at radius 2 is 1.93 bits per heavy atom. The summed E-state index contributed by atoms with van der Waals surface area (Å²) in [6, 6.07) is 11.1. The number of hydrogen-bond acceptors (Lipinski definition) is 4. The Kier molecular flexibility index (Phi) is 7.63. The van der Waals surface area contributed by atoms with Crippen molar-refractivity contribution in [1.82, 2.24) is 4.90 Å². The van der Waals surface area contributed by atoms with Gasteiger partial charge in [-0.15, -0.1) is 6.58 Å². The maximum atomic E-state index is 13.0. The molecular formula is C24H27FN2O3. The predicted octanol–water partition coefficient (Wildman–Crippen LogP) is 4.83. The number of nitrogens with zero attached hydrogens (tertiary/aromatic N) is 2. The fraction of sp³-hybridized carbons (Fsp3) is 0.292. The number of fused-ring (bicyclic) bond motifs is 1. The predicted molar refractivity (Wildman–Crippen MR) is 117 cm³/mol. The van der Waals surface area contributed by atoms with Crippen LogP contribution in [0.25, 0.3) is 0 Å². The molecular weight excluding hydrogens is 383 g/mol. The normalized spacial score (nSPS) is 13.4. The van der Waals surface area contributed by atoms with E-state index in [2.05, 4.69) is 17.6 Å². The quantitative estimate of drug-likeness (QED) is 0.585. The summed E-state index contributed by atoms with van der Waals surface area (Å²) in [5.74, 6) is 0.717. The largest absolute Gasteiger partial charge is 0.490 e. The number of ether oxygens (including phenoxy) is 2. The van der Waals surface area contributed by atoms with Gasteiger partial charge in [-0.3, -0.25) is 9.80 Å². The molecule has 0 unspecified atom stereocenters. The SMILES string of the molecule is C=CCN(C)CC=CCOc1ccc2c(c1)CCCN2C(=O)Oc1ccc(F)cc1. The van der Waals surface area contributed by atoms with Crippen molar-refractivity contribution >= 4 is 11.8 Å². The summed E-state index contributed by atoms with van der Waals surface area (Å²) in [6.07, 6.45) is 7.17. The highest BCUT2D eigenvalue weighted by molar-refractivity contribution is 5.90. The fourth-order valence-corrected chi connectivity index (χ4v) is 3.27. The number of anilines is 1. The molecule has 0 N–H and O–H groups in total. The number of amides is 1. The first kappa shape index (κ1) is 21.6. The lowest BCUT2D eigenvalue weighted by Gasteiger charge is -2.29. The lowest BCUT2D eigenvalue weighted by Crippen LogP contribution is -2.37. The monoisotopic (exact) mass is 410 g/mol. The van der Waals surface area contributed by atoms with Crippen molar-refractivity contribution < 1.29 is 18.7 Å². The minimum absolute atomic E-state index is 0.319. The highest BCUT2D eigenvalue weighted by atomic mass is 19.1. The number of aryl methyl sites for hydroxylation is 1. The fourth-order valence-electron chi connectivity index (χ4n) is 3.27. The van der Waals surface area contributed by atoms with Crippen LogP contribution in [0.15, 0.2) is 67.3 Å². The molecule has 2 aromatic rings. The Balaban J connectivity index is 1.58. The van der Waals surface area contributed by atoms with Gasteiger partial charge in [-0.1, -0.05) is 18.2 Å². The number of carbonyl (C=O) groups is 1. The number of benzene rings is 2. The van der Waals surface area contributed by atoms with Crippen molar-refractivity contribution in [2.75, 3.05) is 38.2 Å². The average Bonchev–Trinajstić information content (AvgIpc) is 2.74. The van der Waals surface area contributed by atoms with Crippen molar-refractivity contribution in [3.8, 4) is 11.5 Å². The highest BCUT2D eigenvalue weighted by Crippen LogP contribution is 2.31. The van der Waals surface area contributed by atoms with Gasteiger partial charge in [-0.05, 0) is 67.9 Å². The van der Waals surface area contributed by atoms with Crippen LogP contribution in [-0.4, -0.2) is 44.3 Å². The Labute approximate surface area is 177 Å². The lowest BCUT2D eigenvalue weighted by molar-refractivity contribution is 0.207. The molecule has 0 fully saturated rings. The zero-order chi connectivity index (χ0) is 21.3. The molecule has 1 heterocycles. The second-order valence-corrected chi connectivity index (χ2v) is 7.16. The maximum Gasteiger partial charge on any atom is 0.419 e. The van der Waals surface area contributed by atoms with Gasteiger partial charge in [0.15, 0.2) is 0 Å². The first-order valence-corrected chi connectivity index (χ1v) is 10.0. The number of halogens is 1. The van der Waals surface area contributed by atoms with Gasteiger partial charge in [0.05, 0.1) is 5.69 Å². The van der Waals surface area contributed by atoms with Crippen molar-refractivity contribution in [3.05, 3.63) is 78.7 Å². The molecule has 0 saturated carbocycles. The minimum atomic E-state index is -0.470. The molecule has 3 rings (SSSR count). The van der Waals surface area contributed by atoms with E-state index in [1.165, 1.54) is 24.3 Å². The van der Waals surface area contributed by atoms with E-state index in [9.17, 15) is 9.18 Å². The Bertz CT molecular complexity index is 896. The van der Waals surface area contributed by atoms with Gasteiger partial charge in [0.2, 0.25) is 0 Å². The topological polar surface area (TPSA) is 42.0 Å². The molecule has 30 heavy (non-hydrogen) atoms. The third-order valence-corrected chi connectivity index (χ3v) is 4.78. The van der Waals surface area contributed by atoms with Crippen LogP contribution in [0.2, 0.25) is 0 Å². The summed E-state index contributed by atoms with van der Waals surface area (Å²) < 4.78 is 24.3. The van der Waals surface area contributed by atoms with Crippen LogP contribution in [0.4, 0.5) is 14.9 Å². The van der Waals surface area contributed by atoms with Gasteiger partial charge in [0, 0.05) is 19.6 Å². The number of rotatable bonds is 8. The molecule has 1 aliphatic heterocycles. The lowest BCUT2D eigenvalue weighted by atomic mass is 10.0. The zero-order valence-electron chi connectivity index (χ0n) is 17.2. The molecule has 0 atom stereocenters. The molecule has 2 aromatic carbocycles. The molecule has 0 aliphatic carbocycles. The van der Waals surface area contributed by atoms with Crippen molar-refractivity contribution in [2.45, 2.75) is 12.8 Å². The second-order valence-electron chi connectivity index (χ2n) is 7.16. The van der Waals surface area contributed by atoms with Crippen LogP contribution in [0.3, 0.4) is 0 Å². The first-order valence-electron chi connectivity index (χ1n) is 10.0. The van der Waals surface area contributed by atoms with Gasteiger partial charge in [0.25, 0.3) is 0 Å². The molecule has 0 radical (unpaired) electrons. The molecule has 1 aliphatic rings. The van der Waals surface area contributed by atoms with Gasteiger partial charge in [-0.2, -0.15) is 0 Å². The molecule has 5 nitrogen and oxygen atoms in total. The van der Waals surface area contributed by atoms with Crippen molar-refractivity contribution in [1.29, 1.82) is 0 Å². The van der Waals surface area contributed by atoms with E-state index < -0.39 is 6.09 Å². The van der Waals surface area contributed by atoms with E-state index in [4.69, 9.17) is 9.47 Å². The Hall–Kier alpha value is -3.12. The van der Waals surface area contributed by atoms with Crippen LogP contribution < -0.4 is 14.4 Å². The molecule has 158 valence electrons. The van der Waals surface area contributed by atoms with E-state index in [0.717, 1.165) is 42.9 Å². The summed E-state index contributed by atoms with van der Waals surface area (Å²) in [4.78, 5) is 16.4. The van der Waals surface area contributed by atoms with Gasteiger partial charge in [0.1, 0.15) is 23.9 Å². The summed E-state index contributed by atoms with van der Waals surface area (Å²) in [7, 11) is 2.03. The van der Waals surface area contributed by atoms with Crippen LogP contribution in [0.1, 0.15) is 12.0 Å². The van der Waals surface area contributed by atoms with Gasteiger partial charge >= 0.3 is 6.09 Å². The minimum Gasteiger partial charge on any atom is -0.490 e. The summed E-state index contributed by atoms with van der Waals surface area (Å²) in [5.41, 5.74) is 1.87. The summed E-state index contributed by atoms with van der Waals surface area (Å²) in [5, 5.41) is 0. The van der Waals surface area contributed by atoms with Crippen LogP contribution in [-0.2, 0) is 6.42 Å². The van der Waals surface area contributed by atoms with Gasteiger partial charge in [-0.25, -0.2) is 9.18 Å². The second kappa shape index (κ2) is 10.6. The smallest absolute Gasteiger partial charge is 0.419 e. The van der Waals surface area contributed by atoms with E-state index in [1.807, 2.05) is 37.4 Å². The molecule has 1 amide bonds. The van der Waals surface area contributed by atoms with Crippen molar-refractivity contribution in [2.24, 2.45) is 0 Å². The van der Waals surface area contributed by atoms with E-state index in [0.29, 0.717) is 18.9 Å². The standard InChI is InChI=1S/C24H27FN2O3/c1-3-14-26(2)15-4-5-17-29-22-12-13-23-19(18-22)7-6-16-27(23)24(28)30-21-10-8-20(25)9-11-21/h3-5,8-13,18H,1,6-7,14-17H2,2H3. The average molecular weight is 410 g/mol. The van der Waals surface area contributed by atoms with E-state index in [-0.39, 0.29) is 5.82 Å². The Morgan fingerprint density at radius 1 is 1.17 bits per heavy atom. The van der Waals surface area contributed by atoms with E-state index in [1.54, 1.807) is 4.90 Å². The van der Waals surface area contributed by atoms with Crippen LogP contribution in [0.5, 0.6) is 11.5 Å². The molecule has 6 heteroatoms.